The molecule has 2 aromatic carbocycles. The summed E-state index contributed by atoms with van der Waals surface area (Å²) in [6.45, 7) is 5.46. The Morgan fingerprint density at radius 3 is 2.43 bits per heavy atom. The van der Waals surface area contributed by atoms with Gasteiger partial charge < -0.3 is 15.2 Å². The average molecular weight is 414 g/mol. The third-order valence-corrected chi connectivity index (χ3v) is 5.35. The van der Waals surface area contributed by atoms with E-state index in [1.54, 1.807) is 25.1 Å². The fourth-order valence-electron chi connectivity index (χ4n) is 3.44. The van der Waals surface area contributed by atoms with Crippen molar-refractivity contribution in [1.29, 1.82) is 0 Å². The van der Waals surface area contributed by atoms with Crippen molar-refractivity contribution in [1.82, 2.24) is 10.2 Å². The first-order valence-electron chi connectivity index (χ1n) is 9.96. The topological polar surface area (TPSA) is 78.9 Å². The van der Waals surface area contributed by atoms with Crippen LogP contribution in [0.15, 0.2) is 48.5 Å². The van der Waals surface area contributed by atoms with Gasteiger partial charge in [-0.1, -0.05) is 56.3 Å². The van der Waals surface area contributed by atoms with E-state index in [4.69, 9.17) is 4.74 Å². The number of β-amino-alcohol motifs (C(OH)–C–C–N with tert-alkyl or cyclic N) is 1. The first-order chi connectivity index (χ1) is 14.2. The molecule has 30 heavy (non-hydrogen) atoms. The minimum absolute atomic E-state index is 0.0101. The number of carbonyl (C=O) groups excluding carboxylic acids is 2. The van der Waals surface area contributed by atoms with E-state index in [0.29, 0.717) is 17.0 Å². The van der Waals surface area contributed by atoms with Crippen LogP contribution in [0.1, 0.15) is 43.4 Å². The summed E-state index contributed by atoms with van der Waals surface area (Å²) in [4.78, 5) is 26.4. The van der Waals surface area contributed by atoms with Crippen molar-refractivity contribution in [3.8, 4) is 0 Å². The normalized spacial score (nSPS) is 20.0. The van der Waals surface area contributed by atoms with Crippen molar-refractivity contribution in [2.24, 2.45) is 0 Å². The Balaban J connectivity index is 1.60. The lowest BCUT2D eigenvalue weighted by Crippen LogP contribution is -2.42. The average Bonchev–Trinajstić information content (AvgIpc) is 2.93. The molecule has 0 bridgehead atoms. The highest BCUT2D eigenvalue weighted by Crippen LogP contribution is 2.30. The molecule has 0 unspecified atom stereocenters. The zero-order chi connectivity index (χ0) is 21.9. The highest BCUT2D eigenvalue weighted by Gasteiger charge is 2.49. The summed E-state index contributed by atoms with van der Waals surface area (Å²) in [5.41, 5.74) is 0.994. The van der Waals surface area contributed by atoms with Crippen molar-refractivity contribution >= 4 is 11.9 Å². The molecule has 1 fully saturated rings. The molecule has 6 nitrogen and oxygen atoms in total. The molecule has 0 spiro atoms. The summed E-state index contributed by atoms with van der Waals surface area (Å²) >= 11 is 0. The van der Waals surface area contributed by atoms with E-state index in [0.717, 1.165) is 10.5 Å². The summed E-state index contributed by atoms with van der Waals surface area (Å²) in [5.74, 6) is -0.463. The molecule has 2 atom stereocenters. The van der Waals surface area contributed by atoms with Gasteiger partial charge in [0.25, 0.3) is 5.91 Å². The molecule has 3 rings (SSSR count). The molecule has 7 heteroatoms. The van der Waals surface area contributed by atoms with E-state index in [2.05, 4.69) is 19.2 Å². The minimum atomic E-state index is -1.19. The van der Waals surface area contributed by atoms with Crippen molar-refractivity contribution < 1.29 is 23.8 Å². The lowest BCUT2D eigenvalue weighted by Gasteiger charge is -2.23. The second-order valence-electron chi connectivity index (χ2n) is 8.01. The molecule has 1 heterocycles. The van der Waals surface area contributed by atoms with Gasteiger partial charge in [0.1, 0.15) is 11.4 Å². The highest BCUT2D eigenvalue weighted by molar-refractivity contribution is 6.07. The van der Waals surface area contributed by atoms with Crippen LogP contribution >= 0.6 is 0 Å². The van der Waals surface area contributed by atoms with E-state index in [1.807, 2.05) is 24.3 Å². The third-order valence-electron chi connectivity index (χ3n) is 5.35. The van der Waals surface area contributed by atoms with E-state index in [1.165, 1.54) is 6.07 Å². The van der Waals surface area contributed by atoms with Crippen LogP contribution < -0.4 is 5.32 Å². The van der Waals surface area contributed by atoms with Crippen LogP contribution in [0.3, 0.4) is 0 Å². The molecule has 0 aromatic heterocycles. The van der Waals surface area contributed by atoms with Gasteiger partial charge in [-0.2, -0.15) is 0 Å². The predicted octanol–water partition coefficient (Wildman–Crippen LogP) is 3.29. The Kier molecular flexibility index (Phi) is 6.53. The van der Waals surface area contributed by atoms with Gasteiger partial charge in [0.2, 0.25) is 0 Å². The Morgan fingerprint density at radius 2 is 1.80 bits per heavy atom. The Morgan fingerprint density at radius 1 is 1.13 bits per heavy atom. The Labute approximate surface area is 175 Å². The number of halogens is 1. The van der Waals surface area contributed by atoms with Crippen LogP contribution in [0.25, 0.3) is 0 Å². The van der Waals surface area contributed by atoms with Crippen LogP contribution in [-0.2, 0) is 21.7 Å². The molecule has 160 valence electrons. The van der Waals surface area contributed by atoms with E-state index in [9.17, 15) is 19.1 Å². The smallest absolute Gasteiger partial charge is 0.325 e. The van der Waals surface area contributed by atoms with Gasteiger partial charge >= 0.3 is 6.03 Å². The zero-order valence-corrected chi connectivity index (χ0v) is 17.4. The molecule has 1 aliphatic rings. The second kappa shape index (κ2) is 8.93. The van der Waals surface area contributed by atoms with Crippen LogP contribution in [0.5, 0.6) is 0 Å². The minimum Gasteiger partial charge on any atom is -0.389 e. The van der Waals surface area contributed by atoms with Crippen molar-refractivity contribution in [3.05, 3.63) is 71.0 Å². The second-order valence-corrected chi connectivity index (χ2v) is 8.01. The summed E-state index contributed by atoms with van der Waals surface area (Å²) in [6.07, 6.45) is -1.09. The summed E-state index contributed by atoms with van der Waals surface area (Å²) < 4.78 is 19.0. The van der Waals surface area contributed by atoms with Gasteiger partial charge in [-0.3, -0.25) is 9.69 Å². The Hall–Kier alpha value is -2.77. The van der Waals surface area contributed by atoms with Crippen molar-refractivity contribution in [2.75, 3.05) is 13.2 Å². The van der Waals surface area contributed by atoms with Gasteiger partial charge in [0, 0.05) is 5.56 Å². The van der Waals surface area contributed by atoms with Gasteiger partial charge in [-0.25, -0.2) is 9.18 Å². The molecule has 0 saturated carbocycles. The number of ether oxygens (including phenoxy) is 1. The number of nitrogens with zero attached hydrogens (tertiary/aromatic N) is 1. The number of aliphatic hydroxyl groups excluding tert-OH is 1. The maximum absolute atomic E-state index is 13.6. The molecule has 3 amide bonds. The highest BCUT2D eigenvalue weighted by atomic mass is 19.1. The molecule has 2 aromatic rings. The van der Waals surface area contributed by atoms with Crippen LogP contribution in [0, 0.1) is 5.82 Å². The van der Waals surface area contributed by atoms with Crippen molar-refractivity contribution in [2.45, 2.75) is 44.9 Å². The molecule has 0 aliphatic carbocycles. The van der Waals surface area contributed by atoms with E-state index >= 15 is 0 Å². The third kappa shape index (κ3) is 4.52. The number of hydrogen-bond donors (Lipinski definition) is 2. The van der Waals surface area contributed by atoms with E-state index < -0.39 is 23.6 Å². The molecule has 1 saturated heterocycles. The number of carbonyl (C=O) groups is 2. The number of benzene rings is 2. The monoisotopic (exact) mass is 414 g/mol. The van der Waals surface area contributed by atoms with Crippen LogP contribution in [-0.4, -0.2) is 41.2 Å². The summed E-state index contributed by atoms with van der Waals surface area (Å²) in [7, 11) is 0. The molecule has 0 radical (unpaired) electrons. The maximum Gasteiger partial charge on any atom is 0.325 e. The molecule has 1 aliphatic heterocycles. The number of hydrogen-bond acceptors (Lipinski definition) is 4. The molecule has 2 N–H and O–H groups in total. The predicted molar refractivity (Wildman–Crippen MR) is 110 cm³/mol. The van der Waals surface area contributed by atoms with Crippen LogP contribution in [0.4, 0.5) is 9.18 Å². The molecular weight excluding hydrogens is 387 g/mol. The number of amides is 3. The number of urea groups is 1. The largest absolute Gasteiger partial charge is 0.389 e. The number of rotatable bonds is 8. The van der Waals surface area contributed by atoms with Gasteiger partial charge in [0.15, 0.2) is 0 Å². The quantitative estimate of drug-likeness (QED) is 0.650. The lowest BCUT2D eigenvalue weighted by atomic mass is 9.90. The van der Waals surface area contributed by atoms with Crippen molar-refractivity contribution in [3.63, 3.8) is 0 Å². The summed E-state index contributed by atoms with van der Waals surface area (Å²) in [6, 6.07) is 13.2. The zero-order valence-electron chi connectivity index (χ0n) is 17.4. The first kappa shape index (κ1) is 21.9. The first-order valence-corrected chi connectivity index (χ1v) is 9.96. The maximum atomic E-state index is 13.6. The number of aliphatic hydroxyl groups is 1. The Bertz CT molecular complexity index is 916. The molecular formula is C23H27FN2O4. The summed E-state index contributed by atoms with van der Waals surface area (Å²) in [5, 5.41) is 13.0. The standard InChI is InChI=1S/C23H27FN2O4/c1-15(2)16-8-10-18(11-9-16)23(3)21(28)26(22(29)25-23)12-19(27)14-30-13-17-6-4-5-7-20(17)24/h4-11,15,19,27H,12-14H2,1-3H3,(H,25,29)/t19-,23+/m0/s1. The fourth-order valence-corrected chi connectivity index (χ4v) is 3.44. The number of nitrogens with one attached hydrogen (secondary N) is 1. The van der Waals surface area contributed by atoms with Gasteiger partial charge in [-0.05, 0) is 30.0 Å². The van der Waals surface area contributed by atoms with Crippen LogP contribution in [0.2, 0.25) is 0 Å². The van der Waals surface area contributed by atoms with Gasteiger partial charge in [0.05, 0.1) is 25.9 Å². The van der Waals surface area contributed by atoms with E-state index in [-0.39, 0.29) is 25.6 Å². The number of imide groups is 1. The van der Waals surface area contributed by atoms with Gasteiger partial charge in [-0.15, -0.1) is 0 Å². The lowest BCUT2D eigenvalue weighted by molar-refractivity contribution is -0.132. The fraction of sp³-hybridized carbons (Fsp3) is 0.391. The SMILES string of the molecule is CC(C)c1ccc([C@@]2(C)NC(=O)N(C[C@H](O)COCc3ccccc3F)C2=O)cc1.